The molecule has 2 aromatic carbocycles. The summed E-state index contributed by atoms with van der Waals surface area (Å²) in [6, 6.07) is 10.7. The Kier molecular flexibility index (Phi) is 4.75. The number of carbonyl (C=O) groups excluding carboxylic acids is 3. The number of fused-ring (bicyclic) bond motifs is 5. The average Bonchev–Trinajstić information content (AvgIpc) is 3.25. The predicted molar refractivity (Wildman–Crippen MR) is 116 cm³/mol. The van der Waals surface area contributed by atoms with Crippen LogP contribution in [0.4, 0.5) is 24.5 Å². The van der Waals surface area contributed by atoms with Gasteiger partial charge < -0.3 is 20.9 Å². The molecule has 172 valence electrons. The summed E-state index contributed by atoms with van der Waals surface area (Å²) in [6.45, 7) is 1.61. The number of nitrogens with zero attached hydrogens (tertiary/aromatic N) is 1. The van der Waals surface area contributed by atoms with Crippen LogP contribution < -0.4 is 16.0 Å². The molecule has 0 unspecified atom stereocenters. The van der Waals surface area contributed by atoms with Crippen LogP contribution in [0, 0.1) is 0 Å². The molecule has 0 aliphatic carbocycles. The lowest BCUT2D eigenvalue weighted by Crippen LogP contribution is -2.63. The van der Waals surface area contributed by atoms with Crippen molar-refractivity contribution in [2.45, 2.75) is 43.2 Å². The van der Waals surface area contributed by atoms with Crippen molar-refractivity contribution in [3.05, 3.63) is 58.1 Å². The first-order valence-corrected chi connectivity index (χ1v) is 11.0. The van der Waals surface area contributed by atoms with Gasteiger partial charge in [-0.15, -0.1) is 0 Å². The molecule has 0 radical (unpaired) electrons. The van der Waals surface area contributed by atoms with E-state index in [1.165, 1.54) is 6.07 Å². The van der Waals surface area contributed by atoms with Gasteiger partial charge in [0.15, 0.2) is 0 Å². The first kappa shape index (κ1) is 21.7. The minimum Gasteiger partial charge on any atom is -0.364 e. The number of rotatable bonds is 2. The van der Waals surface area contributed by atoms with E-state index in [0.717, 1.165) is 11.3 Å². The lowest BCUT2D eigenvalue weighted by Gasteiger charge is -2.37. The Morgan fingerprint density at radius 2 is 1.91 bits per heavy atom. The highest BCUT2D eigenvalue weighted by Gasteiger charge is 2.63. The van der Waals surface area contributed by atoms with Crippen LogP contribution in [0.3, 0.4) is 0 Å². The Labute approximate surface area is 194 Å². The van der Waals surface area contributed by atoms with Gasteiger partial charge in [-0.2, -0.15) is 13.2 Å². The maximum absolute atomic E-state index is 13.1. The summed E-state index contributed by atoms with van der Waals surface area (Å²) in [5.41, 5.74) is 1.22. The highest BCUT2D eigenvalue weighted by Crippen LogP contribution is 2.55. The van der Waals surface area contributed by atoms with E-state index in [0.29, 0.717) is 5.56 Å². The van der Waals surface area contributed by atoms with Crippen molar-refractivity contribution in [1.82, 2.24) is 10.2 Å². The van der Waals surface area contributed by atoms with E-state index >= 15 is 0 Å². The number of anilines is 2. The molecule has 2 saturated heterocycles. The van der Waals surface area contributed by atoms with Crippen LogP contribution in [0.15, 0.2) is 46.9 Å². The zero-order valence-electron chi connectivity index (χ0n) is 17.2. The summed E-state index contributed by atoms with van der Waals surface area (Å²) in [6.07, 6.45) is -5.43. The maximum atomic E-state index is 13.1. The van der Waals surface area contributed by atoms with Gasteiger partial charge in [0.1, 0.15) is 18.2 Å². The molecular formula is C22H18BrF3N4O3. The van der Waals surface area contributed by atoms with Crippen molar-refractivity contribution in [1.29, 1.82) is 0 Å². The fraction of sp³-hybridized carbons (Fsp3) is 0.318. The molecule has 2 aromatic rings. The van der Waals surface area contributed by atoms with Gasteiger partial charge in [-0.3, -0.25) is 14.4 Å². The molecule has 0 saturated carbocycles. The number of hydrogen-bond donors (Lipinski definition) is 3. The molecule has 2 fully saturated rings. The molecular weight excluding hydrogens is 505 g/mol. The molecule has 0 aromatic heterocycles. The highest BCUT2D eigenvalue weighted by atomic mass is 79.9. The number of carbonyl (C=O) groups is 3. The first-order chi connectivity index (χ1) is 15.5. The zero-order valence-corrected chi connectivity index (χ0v) is 18.8. The quantitative estimate of drug-likeness (QED) is 0.565. The Morgan fingerprint density at radius 3 is 2.64 bits per heavy atom. The monoisotopic (exact) mass is 522 g/mol. The molecule has 3 aliphatic heterocycles. The second kappa shape index (κ2) is 7.21. The smallest absolute Gasteiger partial charge is 0.364 e. The molecule has 4 atom stereocenters. The lowest BCUT2D eigenvalue weighted by atomic mass is 9.72. The molecule has 0 spiro atoms. The van der Waals surface area contributed by atoms with Gasteiger partial charge in [-0.1, -0.05) is 24.3 Å². The van der Waals surface area contributed by atoms with E-state index in [-0.39, 0.29) is 28.4 Å². The molecule has 11 heteroatoms. The van der Waals surface area contributed by atoms with Gasteiger partial charge in [0.25, 0.3) is 0 Å². The molecule has 3 heterocycles. The average molecular weight is 523 g/mol. The Balaban J connectivity index is 1.66. The van der Waals surface area contributed by atoms with Gasteiger partial charge in [-0.25, -0.2) is 0 Å². The van der Waals surface area contributed by atoms with Crippen molar-refractivity contribution < 1.29 is 27.6 Å². The van der Waals surface area contributed by atoms with Crippen molar-refractivity contribution in [2.75, 3.05) is 10.6 Å². The first-order valence-electron chi connectivity index (χ1n) is 10.2. The van der Waals surface area contributed by atoms with E-state index in [2.05, 4.69) is 26.6 Å². The SMILES string of the molecule is C[C@@H]1NC(=O)[C@@H]2C[C@]3(c4ccc(Br)c(NC(=O)C(F)(F)F)c4)c4ccccc4N[C@@H]3N2C1=O. The van der Waals surface area contributed by atoms with Crippen molar-refractivity contribution in [3.63, 3.8) is 0 Å². The van der Waals surface area contributed by atoms with Crippen LogP contribution in [0.2, 0.25) is 0 Å². The van der Waals surface area contributed by atoms with Crippen LogP contribution in [0.5, 0.6) is 0 Å². The maximum Gasteiger partial charge on any atom is 0.471 e. The van der Waals surface area contributed by atoms with Gasteiger partial charge in [0, 0.05) is 10.2 Å². The Hall–Kier alpha value is -3.08. The number of hydrogen-bond acceptors (Lipinski definition) is 4. The second-order valence-corrected chi connectivity index (χ2v) is 9.26. The second-order valence-electron chi connectivity index (χ2n) is 8.41. The highest BCUT2D eigenvalue weighted by molar-refractivity contribution is 9.10. The summed E-state index contributed by atoms with van der Waals surface area (Å²) in [7, 11) is 0. The molecule has 3 amide bonds. The Bertz CT molecular complexity index is 1200. The number of alkyl halides is 3. The molecule has 3 aliphatic rings. The number of piperazine rings is 1. The van der Waals surface area contributed by atoms with Crippen molar-refractivity contribution in [2.24, 2.45) is 0 Å². The van der Waals surface area contributed by atoms with Gasteiger partial charge in [-0.05, 0) is 58.6 Å². The minimum atomic E-state index is -5.05. The molecule has 0 bridgehead atoms. The standard InChI is InChI=1S/C22H18BrF3N4O3/c1-10-18(32)30-16(17(31)27-10)9-21(12-4-2-3-5-14(12)28-19(21)30)11-6-7-13(23)15(8-11)29-20(33)22(24,25)26/h2-8,10,16,19,28H,9H2,1H3,(H,27,31)(H,29,33)/t10-,16-,19+,21-/m0/s1. The topological polar surface area (TPSA) is 90.5 Å². The number of benzene rings is 2. The van der Waals surface area contributed by atoms with Crippen LogP contribution in [0.25, 0.3) is 0 Å². The predicted octanol–water partition coefficient (Wildman–Crippen LogP) is 3.11. The fourth-order valence-electron chi connectivity index (χ4n) is 5.15. The van der Waals surface area contributed by atoms with Gasteiger partial charge in [0.05, 0.1) is 11.1 Å². The summed E-state index contributed by atoms with van der Waals surface area (Å²) < 4.78 is 38.9. The summed E-state index contributed by atoms with van der Waals surface area (Å²) in [5.74, 6) is -2.61. The van der Waals surface area contributed by atoms with E-state index in [4.69, 9.17) is 0 Å². The third kappa shape index (κ3) is 3.12. The largest absolute Gasteiger partial charge is 0.471 e. The van der Waals surface area contributed by atoms with E-state index in [1.807, 2.05) is 29.6 Å². The third-order valence-corrected chi connectivity index (χ3v) is 7.26. The lowest BCUT2D eigenvalue weighted by molar-refractivity contribution is -0.167. The van der Waals surface area contributed by atoms with E-state index in [9.17, 15) is 27.6 Å². The van der Waals surface area contributed by atoms with Crippen LogP contribution in [0.1, 0.15) is 24.5 Å². The van der Waals surface area contributed by atoms with E-state index in [1.54, 1.807) is 24.0 Å². The van der Waals surface area contributed by atoms with Crippen molar-refractivity contribution >= 4 is 45.0 Å². The van der Waals surface area contributed by atoms with Crippen LogP contribution >= 0.6 is 15.9 Å². The molecule has 5 rings (SSSR count). The number of para-hydroxylation sites is 1. The minimum absolute atomic E-state index is 0.0543. The van der Waals surface area contributed by atoms with Crippen LogP contribution in [-0.4, -0.2) is 47.0 Å². The Morgan fingerprint density at radius 1 is 1.18 bits per heavy atom. The van der Waals surface area contributed by atoms with Crippen molar-refractivity contribution in [3.8, 4) is 0 Å². The van der Waals surface area contributed by atoms with Gasteiger partial charge >= 0.3 is 12.1 Å². The number of halogens is 4. The van der Waals surface area contributed by atoms with E-state index < -0.39 is 35.7 Å². The summed E-state index contributed by atoms with van der Waals surface area (Å²) in [5, 5.41) is 7.96. The molecule has 3 N–H and O–H groups in total. The summed E-state index contributed by atoms with van der Waals surface area (Å²) in [4.78, 5) is 39.0. The number of nitrogens with one attached hydrogen (secondary N) is 3. The fourth-order valence-corrected chi connectivity index (χ4v) is 5.49. The molecule has 7 nitrogen and oxygen atoms in total. The third-order valence-electron chi connectivity index (χ3n) is 6.57. The van der Waals surface area contributed by atoms with Crippen LogP contribution in [-0.2, 0) is 19.8 Å². The summed E-state index contributed by atoms with van der Waals surface area (Å²) >= 11 is 3.20. The zero-order chi connectivity index (χ0) is 23.7. The molecule has 33 heavy (non-hydrogen) atoms. The normalized spacial score (nSPS) is 27.9. The van der Waals surface area contributed by atoms with Gasteiger partial charge in [0.2, 0.25) is 11.8 Å². The number of amides is 3.